The zero-order valence-corrected chi connectivity index (χ0v) is 12.9. The van der Waals surface area contributed by atoms with Crippen LogP contribution >= 0.6 is 11.8 Å². The average molecular weight is 281 g/mol. The average Bonchev–Trinajstić information content (AvgIpc) is 2.38. The van der Waals surface area contributed by atoms with E-state index < -0.39 is 0 Å². The zero-order chi connectivity index (χ0) is 14.4. The lowest BCUT2D eigenvalue weighted by molar-refractivity contribution is 0.269. The highest BCUT2D eigenvalue weighted by atomic mass is 32.2. The minimum absolute atomic E-state index is 0.0403. The Kier molecular flexibility index (Phi) is 6.18. The standard InChI is InChI=1S/C14H23N3OS/c1-10(9-19-4)17(2)8-11-5-6-13(18-3)12(7-11)14(15)16/h5-7,10H,8-9H2,1-4H3,(H3,15,16). The molecule has 0 radical (unpaired) electrons. The number of nitrogens with zero attached hydrogens (tertiary/aromatic N) is 1. The number of benzene rings is 1. The first-order valence-electron chi connectivity index (χ1n) is 6.20. The van der Waals surface area contributed by atoms with E-state index in [-0.39, 0.29) is 5.84 Å². The van der Waals surface area contributed by atoms with Crippen LogP contribution in [0.2, 0.25) is 0 Å². The largest absolute Gasteiger partial charge is 0.496 e. The fraction of sp³-hybridized carbons (Fsp3) is 0.500. The predicted molar refractivity (Wildman–Crippen MR) is 83.3 cm³/mol. The first-order valence-corrected chi connectivity index (χ1v) is 7.59. The summed E-state index contributed by atoms with van der Waals surface area (Å²) in [5.41, 5.74) is 7.38. The summed E-state index contributed by atoms with van der Waals surface area (Å²) in [6.07, 6.45) is 2.12. The molecule has 1 rings (SSSR count). The first-order chi connectivity index (χ1) is 8.99. The van der Waals surface area contributed by atoms with E-state index in [1.54, 1.807) is 7.11 Å². The molecule has 0 heterocycles. The summed E-state index contributed by atoms with van der Waals surface area (Å²) in [7, 11) is 3.70. The van der Waals surface area contributed by atoms with Gasteiger partial charge in [-0.15, -0.1) is 0 Å². The molecule has 0 fully saturated rings. The minimum Gasteiger partial charge on any atom is -0.496 e. The highest BCUT2D eigenvalue weighted by Crippen LogP contribution is 2.20. The van der Waals surface area contributed by atoms with Crippen molar-refractivity contribution in [1.82, 2.24) is 4.90 Å². The maximum atomic E-state index is 7.59. The van der Waals surface area contributed by atoms with Crippen molar-refractivity contribution >= 4 is 17.6 Å². The molecule has 0 aliphatic carbocycles. The van der Waals surface area contributed by atoms with E-state index in [4.69, 9.17) is 15.9 Å². The van der Waals surface area contributed by atoms with Crippen LogP contribution < -0.4 is 10.5 Å². The molecule has 4 nitrogen and oxygen atoms in total. The third-order valence-corrected chi connectivity index (χ3v) is 3.96. The fourth-order valence-corrected chi connectivity index (χ4v) is 2.61. The van der Waals surface area contributed by atoms with Crippen LogP contribution in [0.3, 0.4) is 0 Å². The van der Waals surface area contributed by atoms with Gasteiger partial charge in [0.05, 0.1) is 12.7 Å². The van der Waals surface area contributed by atoms with Crippen molar-refractivity contribution in [2.75, 3.05) is 26.2 Å². The van der Waals surface area contributed by atoms with Crippen LogP contribution in [0.25, 0.3) is 0 Å². The number of hydrogen-bond donors (Lipinski definition) is 2. The lowest BCUT2D eigenvalue weighted by atomic mass is 10.1. The summed E-state index contributed by atoms with van der Waals surface area (Å²) in [5.74, 6) is 1.79. The van der Waals surface area contributed by atoms with Gasteiger partial charge < -0.3 is 10.5 Å². The Hall–Kier alpha value is -1.20. The van der Waals surface area contributed by atoms with Crippen LogP contribution in [-0.2, 0) is 6.54 Å². The SMILES string of the molecule is COc1ccc(CN(C)C(C)CSC)cc1C(=N)N. The number of nitrogen functional groups attached to an aromatic ring is 1. The highest BCUT2D eigenvalue weighted by Gasteiger charge is 2.11. The second-order valence-corrected chi connectivity index (χ2v) is 5.58. The van der Waals surface area contributed by atoms with Gasteiger partial charge >= 0.3 is 0 Å². The molecule has 1 atom stereocenters. The summed E-state index contributed by atoms with van der Waals surface area (Å²) in [6, 6.07) is 6.34. The molecule has 0 spiro atoms. The summed E-state index contributed by atoms with van der Waals surface area (Å²) in [6.45, 7) is 3.05. The van der Waals surface area contributed by atoms with E-state index in [1.807, 2.05) is 30.0 Å². The highest BCUT2D eigenvalue weighted by molar-refractivity contribution is 7.98. The van der Waals surface area contributed by atoms with E-state index >= 15 is 0 Å². The molecule has 0 aliphatic rings. The van der Waals surface area contributed by atoms with Gasteiger partial charge in [-0.25, -0.2) is 0 Å². The first kappa shape index (κ1) is 15.9. The van der Waals surface area contributed by atoms with E-state index in [1.165, 1.54) is 0 Å². The Morgan fingerprint density at radius 1 is 1.53 bits per heavy atom. The van der Waals surface area contributed by atoms with Crippen molar-refractivity contribution in [3.63, 3.8) is 0 Å². The number of methoxy groups -OCH3 is 1. The number of ether oxygens (including phenoxy) is 1. The van der Waals surface area contributed by atoms with Crippen LogP contribution in [0, 0.1) is 5.41 Å². The maximum absolute atomic E-state index is 7.59. The second-order valence-electron chi connectivity index (χ2n) is 4.67. The van der Waals surface area contributed by atoms with Gasteiger partial charge in [0.1, 0.15) is 11.6 Å². The smallest absolute Gasteiger partial charge is 0.129 e. The molecule has 0 amide bonds. The van der Waals surface area contributed by atoms with Crippen molar-refractivity contribution < 1.29 is 4.74 Å². The van der Waals surface area contributed by atoms with Gasteiger partial charge in [-0.3, -0.25) is 10.3 Å². The van der Waals surface area contributed by atoms with Gasteiger partial charge in [0.2, 0.25) is 0 Å². The number of nitrogens with two attached hydrogens (primary N) is 1. The van der Waals surface area contributed by atoms with Crippen LogP contribution in [0.1, 0.15) is 18.1 Å². The number of rotatable bonds is 7. The fourth-order valence-electron chi connectivity index (χ4n) is 1.88. The third-order valence-electron chi connectivity index (χ3n) is 3.15. The summed E-state index contributed by atoms with van der Waals surface area (Å²) in [5, 5.41) is 7.59. The Bertz CT molecular complexity index is 437. The van der Waals surface area contributed by atoms with Crippen LogP contribution in [0.4, 0.5) is 0 Å². The molecule has 0 saturated heterocycles. The van der Waals surface area contributed by atoms with Gasteiger partial charge in [-0.2, -0.15) is 11.8 Å². The Morgan fingerprint density at radius 2 is 2.21 bits per heavy atom. The molecule has 5 heteroatoms. The quantitative estimate of drug-likeness (QED) is 0.594. The number of hydrogen-bond acceptors (Lipinski definition) is 4. The molecule has 106 valence electrons. The van der Waals surface area contributed by atoms with Gasteiger partial charge in [-0.1, -0.05) is 6.07 Å². The maximum Gasteiger partial charge on any atom is 0.129 e. The summed E-state index contributed by atoms with van der Waals surface area (Å²) < 4.78 is 5.21. The van der Waals surface area contributed by atoms with Gasteiger partial charge in [0, 0.05) is 18.3 Å². The van der Waals surface area contributed by atoms with Gasteiger partial charge in [0.25, 0.3) is 0 Å². The molecule has 1 aromatic rings. The normalized spacial score (nSPS) is 12.5. The topological polar surface area (TPSA) is 62.3 Å². The van der Waals surface area contributed by atoms with E-state index in [0.717, 1.165) is 17.9 Å². The predicted octanol–water partition coefficient (Wildman–Crippen LogP) is 2.16. The van der Waals surface area contributed by atoms with Crippen LogP contribution in [0.15, 0.2) is 18.2 Å². The molecular weight excluding hydrogens is 258 g/mol. The van der Waals surface area contributed by atoms with Crippen molar-refractivity contribution in [2.24, 2.45) is 5.73 Å². The molecule has 3 N–H and O–H groups in total. The zero-order valence-electron chi connectivity index (χ0n) is 12.1. The van der Waals surface area contributed by atoms with Gasteiger partial charge in [0.15, 0.2) is 0 Å². The molecule has 19 heavy (non-hydrogen) atoms. The molecule has 0 saturated carbocycles. The van der Waals surface area contributed by atoms with Crippen LogP contribution in [0.5, 0.6) is 5.75 Å². The number of thioether (sulfide) groups is 1. The van der Waals surface area contributed by atoms with E-state index in [2.05, 4.69) is 25.1 Å². The molecule has 1 aromatic carbocycles. The minimum atomic E-state index is 0.0403. The number of amidine groups is 1. The van der Waals surface area contributed by atoms with Crippen molar-refractivity contribution in [3.8, 4) is 5.75 Å². The molecule has 0 bridgehead atoms. The van der Waals surface area contributed by atoms with Crippen molar-refractivity contribution in [1.29, 1.82) is 5.41 Å². The second kappa shape index (κ2) is 7.40. The Morgan fingerprint density at radius 3 is 2.74 bits per heavy atom. The molecule has 0 aromatic heterocycles. The van der Waals surface area contributed by atoms with Crippen molar-refractivity contribution in [3.05, 3.63) is 29.3 Å². The Balaban J connectivity index is 2.85. The third kappa shape index (κ3) is 4.44. The number of nitrogens with one attached hydrogen (secondary N) is 1. The van der Waals surface area contributed by atoms with E-state index in [9.17, 15) is 0 Å². The lowest BCUT2D eigenvalue weighted by Gasteiger charge is -2.24. The lowest BCUT2D eigenvalue weighted by Crippen LogP contribution is -2.30. The molecule has 0 aliphatic heterocycles. The van der Waals surface area contributed by atoms with E-state index in [0.29, 0.717) is 17.4 Å². The molecule has 1 unspecified atom stereocenters. The monoisotopic (exact) mass is 281 g/mol. The molecular formula is C14H23N3OS. The van der Waals surface area contributed by atoms with Gasteiger partial charge in [-0.05, 0) is 37.9 Å². The van der Waals surface area contributed by atoms with Crippen molar-refractivity contribution in [2.45, 2.75) is 19.5 Å². The summed E-state index contributed by atoms with van der Waals surface area (Å²) >= 11 is 1.85. The van der Waals surface area contributed by atoms with Crippen LogP contribution in [-0.4, -0.2) is 42.9 Å². The summed E-state index contributed by atoms with van der Waals surface area (Å²) in [4.78, 5) is 2.29. The Labute approximate surface area is 119 Å².